The number of carbonyl (C=O) groups excluding carboxylic acids is 2. The van der Waals surface area contributed by atoms with E-state index in [0.717, 1.165) is 25.7 Å². The normalized spacial score (nSPS) is 23.2. The van der Waals surface area contributed by atoms with Crippen molar-refractivity contribution in [1.82, 2.24) is 4.90 Å². The number of nitrogens with zero attached hydrogens (tertiary/aromatic N) is 1. The molecule has 4 nitrogen and oxygen atoms in total. The number of ether oxygens (including phenoxy) is 1. The molecule has 0 saturated heterocycles. The van der Waals surface area contributed by atoms with Crippen LogP contribution in [0.2, 0.25) is 0 Å². The third-order valence-electron chi connectivity index (χ3n) is 4.02. The molecule has 0 aromatic carbocycles. The van der Waals surface area contributed by atoms with Gasteiger partial charge in [-0.1, -0.05) is 13.8 Å². The van der Waals surface area contributed by atoms with Crippen LogP contribution in [0, 0.1) is 11.8 Å². The molecule has 0 radical (unpaired) electrons. The van der Waals surface area contributed by atoms with Crippen LogP contribution < -0.4 is 0 Å². The van der Waals surface area contributed by atoms with Crippen molar-refractivity contribution in [3.05, 3.63) is 0 Å². The molecule has 0 aromatic heterocycles. The van der Waals surface area contributed by atoms with Crippen LogP contribution in [-0.2, 0) is 14.3 Å². The van der Waals surface area contributed by atoms with Crippen molar-refractivity contribution in [1.29, 1.82) is 0 Å². The maximum atomic E-state index is 12.0. The zero-order valence-electron chi connectivity index (χ0n) is 12.6. The Balaban J connectivity index is 2.36. The van der Waals surface area contributed by atoms with E-state index in [1.54, 1.807) is 0 Å². The Morgan fingerprint density at radius 2 is 1.79 bits per heavy atom. The van der Waals surface area contributed by atoms with Crippen LogP contribution >= 0.6 is 0 Å². The van der Waals surface area contributed by atoms with Gasteiger partial charge in [-0.15, -0.1) is 0 Å². The second-order valence-corrected chi connectivity index (χ2v) is 6.06. The lowest BCUT2D eigenvalue weighted by Crippen LogP contribution is -2.40. The molecule has 19 heavy (non-hydrogen) atoms. The lowest BCUT2D eigenvalue weighted by molar-refractivity contribution is -0.142. The zero-order chi connectivity index (χ0) is 14.4. The van der Waals surface area contributed by atoms with Crippen molar-refractivity contribution >= 4 is 11.9 Å². The van der Waals surface area contributed by atoms with E-state index in [1.807, 2.05) is 11.9 Å². The lowest BCUT2D eigenvalue weighted by atomic mass is 9.83. The quantitative estimate of drug-likeness (QED) is 0.721. The fourth-order valence-corrected chi connectivity index (χ4v) is 2.75. The molecule has 0 spiro atoms. The van der Waals surface area contributed by atoms with Crippen LogP contribution in [0.4, 0.5) is 0 Å². The molecule has 1 saturated carbocycles. The number of hydrogen-bond acceptors (Lipinski definition) is 3. The first-order valence-electron chi connectivity index (χ1n) is 7.26. The maximum absolute atomic E-state index is 12.0. The average Bonchev–Trinajstić information content (AvgIpc) is 2.37. The van der Waals surface area contributed by atoms with Gasteiger partial charge in [-0.2, -0.15) is 0 Å². The summed E-state index contributed by atoms with van der Waals surface area (Å²) >= 11 is 0. The van der Waals surface area contributed by atoms with E-state index in [1.165, 1.54) is 7.11 Å². The van der Waals surface area contributed by atoms with Gasteiger partial charge in [-0.3, -0.25) is 9.59 Å². The zero-order valence-corrected chi connectivity index (χ0v) is 12.6. The van der Waals surface area contributed by atoms with Crippen molar-refractivity contribution in [2.45, 2.75) is 58.4 Å². The van der Waals surface area contributed by atoms with E-state index in [4.69, 9.17) is 4.74 Å². The Labute approximate surface area is 116 Å². The minimum absolute atomic E-state index is 0.118. The molecule has 0 aromatic rings. The van der Waals surface area contributed by atoms with Crippen molar-refractivity contribution < 1.29 is 14.3 Å². The molecule has 0 aliphatic heterocycles. The van der Waals surface area contributed by atoms with Crippen LogP contribution in [0.1, 0.15) is 52.4 Å². The highest BCUT2D eigenvalue weighted by molar-refractivity contribution is 5.76. The van der Waals surface area contributed by atoms with Gasteiger partial charge in [0, 0.05) is 25.9 Å². The van der Waals surface area contributed by atoms with Crippen molar-refractivity contribution in [3.63, 3.8) is 0 Å². The van der Waals surface area contributed by atoms with Crippen molar-refractivity contribution in [2.75, 3.05) is 14.2 Å². The molecule has 0 unspecified atom stereocenters. The highest BCUT2D eigenvalue weighted by atomic mass is 16.5. The summed E-state index contributed by atoms with van der Waals surface area (Å²) in [6.45, 7) is 4.14. The third kappa shape index (κ3) is 5.21. The summed E-state index contributed by atoms with van der Waals surface area (Å²) in [5.74, 6) is 0.960. The summed E-state index contributed by atoms with van der Waals surface area (Å²) in [6, 6.07) is 0.347. The second kappa shape index (κ2) is 7.51. The first kappa shape index (κ1) is 16.0. The summed E-state index contributed by atoms with van der Waals surface area (Å²) in [4.78, 5) is 25.2. The van der Waals surface area contributed by atoms with Crippen molar-refractivity contribution in [2.24, 2.45) is 11.8 Å². The summed E-state index contributed by atoms with van der Waals surface area (Å²) in [7, 11) is 3.35. The van der Waals surface area contributed by atoms with E-state index in [0.29, 0.717) is 30.7 Å². The molecular formula is C15H27NO3. The van der Waals surface area contributed by atoms with Crippen LogP contribution in [0.5, 0.6) is 0 Å². The molecule has 1 fully saturated rings. The molecule has 110 valence electrons. The van der Waals surface area contributed by atoms with Gasteiger partial charge in [-0.05, 0) is 37.5 Å². The third-order valence-corrected chi connectivity index (χ3v) is 4.02. The SMILES string of the molecule is COC(=O)CC1CCC(N(C)C(=O)CC(C)C)CC1. The molecule has 1 aliphatic carbocycles. The smallest absolute Gasteiger partial charge is 0.305 e. The van der Waals surface area contributed by atoms with Gasteiger partial charge >= 0.3 is 5.97 Å². The van der Waals surface area contributed by atoms with Gasteiger partial charge in [0.25, 0.3) is 0 Å². The molecular weight excluding hydrogens is 242 g/mol. The topological polar surface area (TPSA) is 46.6 Å². The Morgan fingerprint density at radius 3 is 2.26 bits per heavy atom. The average molecular weight is 269 g/mol. The molecule has 0 atom stereocenters. The van der Waals surface area contributed by atoms with E-state index in [-0.39, 0.29) is 11.9 Å². The number of rotatable bonds is 5. The van der Waals surface area contributed by atoms with Crippen LogP contribution in [0.3, 0.4) is 0 Å². The first-order valence-corrected chi connectivity index (χ1v) is 7.26. The summed E-state index contributed by atoms with van der Waals surface area (Å²) in [5, 5.41) is 0. The number of esters is 1. The van der Waals surface area contributed by atoms with Gasteiger partial charge in [0.05, 0.1) is 7.11 Å². The van der Waals surface area contributed by atoms with Gasteiger partial charge in [-0.25, -0.2) is 0 Å². The Hall–Kier alpha value is -1.06. The Bertz CT molecular complexity index is 307. The van der Waals surface area contributed by atoms with Gasteiger partial charge in [0.2, 0.25) is 5.91 Å². The first-order chi connectivity index (χ1) is 8.93. The van der Waals surface area contributed by atoms with E-state index in [2.05, 4.69) is 13.8 Å². The number of carbonyl (C=O) groups is 2. The highest BCUT2D eigenvalue weighted by Gasteiger charge is 2.27. The van der Waals surface area contributed by atoms with Crippen LogP contribution in [0.15, 0.2) is 0 Å². The predicted molar refractivity (Wildman–Crippen MR) is 74.6 cm³/mol. The molecule has 4 heteroatoms. The van der Waals surface area contributed by atoms with Crippen molar-refractivity contribution in [3.8, 4) is 0 Å². The molecule has 1 aliphatic rings. The molecule has 1 rings (SSSR count). The minimum Gasteiger partial charge on any atom is -0.469 e. The standard InChI is InChI=1S/C15H27NO3/c1-11(2)9-14(17)16(3)13-7-5-12(6-8-13)10-15(18)19-4/h11-13H,5-10H2,1-4H3. The minimum atomic E-state index is -0.118. The van der Waals surface area contributed by atoms with Crippen LogP contribution in [-0.4, -0.2) is 37.0 Å². The molecule has 0 N–H and O–H groups in total. The number of amides is 1. The maximum Gasteiger partial charge on any atom is 0.305 e. The lowest BCUT2D eigenvalue weighted by Gasteiger charge is -2.34. The summed E-state index contributed by atoms with van der Waals surface area (Å²) in [6.07, 6.45) is 5.17. The van der Waals surface area contributed by atoms with Gasteiger partial charge in [0.15, 0.2) is 0 Å². The Kier molecular flexibility index (Phi) is 6.32. The van der Waals surface area contributed by atoms with Crippen LogP contribution in [0.25, 0.3) is 0 Å². The number of methoxy groups -OCH3 is 1. The van der Waals surface area contributed by atoms with Gasteiger partial charge in [0.1, 0.15) is 0 Å². The predicted octanol–water partition coefficient (Wildman–Crippen LogP) is 2.61. The molecule has 0 bridgehead atoms. The number of hydrogen-bond donors (Lipinski definition) is 0. The fourth-order valence-electron chi connectivity index (χ4n) is 2.75. The van der Waals surface area contributed by atoms with E-state index in [9.17, 15) is 9.59 Å². The fraction of sp³-hybridized carbons (Fsp3) is 0.867. The largest absolute Gasteiger partial charge is 0.469 e. The Morgan fingerprint density at radius 1 is 1.21 bits per heavy atom. The van der Waals surface area contributed by atoms with E-state index < -0.39 is 0 Å². The summed E-state index contributed by atoms with van der Waals surface area (Å²) < 4.78 is 4.71. The van der Waals surface area contributed by atoms with Gasteiger partial charge < -0.3 is 9.64 Å². The molecule has 1 amide bonds. The monoisotopic (exact) mass is 269 g/mol. The van der Waals surface area contributed by atoms with E-state index >= 15 is 0 Å². The second-order valence-electron chi connectivity index (χ2n) is 6.06. The summed E-state index contributed by atoms with van der Waals surface area (Å²) in [5.41, 5.74) is 0. The highest BCUT2D eigenvalue weighted by Crippen LogP contribution is 2.29. The molecule has 0 heterocycles.